The molecule has 0 saturated carbocycles. The first-order valence-corrected chi connectivity index (χ1v) is 11.9. The molecule has 1 aliphatic carbocycles. The van der Waals surface area contributed by atoms with Gasteiger partial charge in [-0.25, -0.2) is 4.57 Å². The highest BCUT2D eigenvalue weighted by molar-refractivity contribution is 6.74. The molecular formula is C18H27N2Si+. The van der Waals surface area contributed by atoms with Crippen LogP contribution in [-0.4, -0.2) is 21.2 Å². The van der Waals surface area contributed by atoms with Crippen LogP contribution in [0, 0.1) is 0 Å². The summed E-state index contributed by atoms with van der Waals surface area (Å²) < 4.78 is 2.59. The van der Waals surface area contributed by atoms with Gasteiger partial charge in [-0.2, -0.15) is 0 Å². The van der Waals surface area contributed by atoms with Gasteiger partial charge < -0.3 is 0 Å². The molecule has 2 heterocycles. The van der Waals surface area contributed by atoms with Crippen LogP contribution in [0.25, 0.3) is 11.3 Å². The molecule has 0 radical (unpaired) electrons. The van der Waals surface area contributed by atoms with E-state index < -0.39 is 8.07 Å². The number of anilines is 1. The fourth-order valence-electron chi connectivity index (χ4n) is 3.29. The quantitative estimate of drug-likeness (QED) is 0.615. The minimum Gasteiger partial charge on any atom is -0.262 e. The molecule has 0 amide bonds. The summed E-state index contributed by atoms with van der Waals surface area (Å²) in [5, 5.41) is 0. The first kappa shape index (κ1) is 14.6. The van der Waals surface area contributed by atoms with E-state index in [9.17, 15) is 0 Å². The summed E-state index contributed by atoms with van der Waals surface area (Å²) in [5.74, 6) is 1.44. The Morgan fingerprint density at radius 3 is 2.43 bits per heavy atom. The maximum absolute atomic E-state index is 2.60. The molecule has 1 saturated heterocycles. The van der Waals surface area contributed by atoms with E-state index in [-0.39, 0.29) is 0 Å². The lowest BCUT2D eigenvalue weighted by molar-refractivity contribution is -0.654. The van der Waals surface area contributed by atoms with Crippen LogP contribution < -0.4 is 9.47 Å². The average Bonchev–Trinajstić information content (AvgIpc) is 2.62. The molecule has 3 heteroatoms. The molecule has 0 atom stereocenters. The summed E-state index contributed by atoms with van der Waals surface area (Å²) >= 11 is 0. The Morgan fingerprint density at radius 2 is 1.71 bits per heavy atom. The Balaban J connectivity index is 2.08. The number of nitrogens with zero attached hydrogens (tertiary/aromatic N) is 2. The standard InChI is InChI=1S/C18H27N2Si/c1-21(2,3)15-20-17-11-7-4-6-10-16(17)14-18(20)19-12-8-5-9-13-19/h4,6-7,10-11,14H,5,8-9,12-13,15H2,1-3H3/q+1. The van der Waals surface area contributed by atoms with Crippen LogP contribution in [0.3, 0.4) is 0 Å². The van der Waals surface area contributed by atoms with Crippen molar-refractivity contribution in [2.45, 2.75) is 45.1 Å². The van der Waals surface area contributed by atoms with Gasteiger partial charge in [-0.05, 0) is 25.3 Å². The summed E-state index contributed by atoms with van der Waals surface area (Å²) in [6.45, 7) is 9.81. The Morgan fingerprint density at radius 1 is 1.00 bits per heavy atom. The minimum atomic E-state index is -1.16. The molecular weight excluding hydrogens is 272 g/mol. The normalized spacial score (nSPS) is 16.4. The van der Waals surface area contributed by atoms with E-state index in [1.807, 2.05) is 0 Å². The molecule has 0 spiro atoms. The van der Waals surface area contributed by atoms with E-state index in [1.54, 1.807) is 0 Å². The lowest BCUT2D eigenvalue weighted by atomic mass is 10.1. The van der Waals surface area contributed by atoms with Crippen LogP contribution in [0.2, 0.25) is 19.6 Å². The Hall–Kier alpha value is -1.35. The Kier molecular flexibility index (Phi) is 4.03. The lowest BCUT2D eigenvalue weighted by Crippen LogP contribution is -2.50. The van der Waals surface area contributed by atoms with Gasteiger partial charge in [0.1, 0.15) is 5.69 Å². The third-order valence-electron chi connectivity index (χ3n) is 4.21. The van der Waals surface area contributed by atoms with E-state index >= 15 is 0 Å². The van der Waals surface area contributed by atoms with Gasteiger partial charge in [0, 0.05) is 11.6 Å². The highest BCUT2D eigenvalue weighted by Gasteiger charge is 2.30. The molecule has 1 fully saturated rings. The molecule has 0 aromatic heterocycles. The van der Waals surface area contributed by atoms with Crippen LogP contribution in [-0.2, 0) is 6.17 Å². The van der Waals surface area contributed by atoms with Gasteiger partial charge >= 0.3 is 0 Å². The van der Waals surface area contributed by atoms with Crippen LogP contribution >= 0.6 is 0 Å². The Bertz CT molecular complexity index is 582. The molecule has 0 unspecified atom stereocenters. The van der Waals surface area contributed by atoms with Crippen molar-refractivity contribution in [3.8, 4) is 11.3 Å². The second-order valence-electron chi connectivity index (χ2n) is 7.45. The predicted octanol–water partition coefficient (Wildman–Crippen LogP) is 3.95. The highest BCUT2D eigenvalue weighted by atomic mass is 28.3. The van der Waals surface area contributed by atoms with Crippen molar-refractivity contribution in [3.05, 3.63) is 36.4 Å². The zero-order valence-corrected chi connectivity index (χ0v) is 14.6. The second kappa shape index (κ2) is 5.80. The molecule has 2 nitrogen and oxygen atoms in total. The van der Waals surface area contributed by atoms with Gasteiger partial charge in [0.15, 0.2) is 0 Å². The first-order valence-electron chi connectivity index (χ1n) is 8.21. The number of rotatable bonds is 3. The third kappa shape index (κ3) is 3.29. The Labute approximate surface area is 129 Å². The van der Waals surface area contributed by atoms with Crippen LogP contribution in [0.15, 0.2) is 36.4 Å². The molecule has 0 aromatic carbocycles. The van der Waals surface area contributed by atoms with Gasteiger partial charge in [-0.3, -0.25) is 4.90 Å². The fraction of sp³-hybridized carbons (Fsp3) is 0.500. The average molecular weight is 300 g/mol. The molecule has 0 N–H and O–H groups in total. The lowest BCUT2D eigenvalue weighted by Gasteiger charge is -2.23. The number of piperidine rings is 1. The molecule has 112 valence electrons. The summed E-state index contributed by atoms with van der Waals surface area (Å²) in [6.07, 6.45) is 5.26. The summed E-state index contributed by atoms with van der Waals surface area (Å²) in [6, 6.07) is 13.4. The summed E-state index contributed by atoms with van der Waals surface area (Å²) in [5.41, 5.74) is 2.77. The van der Waals surface area contributed by atoms with Crippen molar-refractivity contribution in [3.63, 3.8) is 0 Å². The van der Waals surface area contributed by atoms with E-state index in [1.165, 1.54) is 55.6 Å². The predicted molar refractivity (Wildman–Crippen MR) is 92.7 cm³/mol. The van der Waals surface area contributed by atoms with Crippen LogP contribution in [0.1, 0.15) is 19.3 Å². The third-order valence-corrected chi connectivity index (χ3v) is 5.48. The number of aromatic nitrogens is 1. The molecule has 2 aliphatic heterocycles. The summed E-state index contributed by atoms with van der Waals surface area (Å²) in [7, 11) is -1.16. The zero-order chi connectivity index (χ0) is 14.9. The topological polar surface area (TPSA) is 7.12 Å². The van der Waals surface area contributed by atoms with Crippen molar-refractivity contribution < 1.29 is 4.57 Å². The van der Waals surface area contributed by atoms with Crippen molar-refractivity contribution in [2.75, 3.05) is 18.0 Å². The number of fused-ring (bicyclic) bond motifs is 1. The van der Waals surface area contributed by atoms with E-state index in [2.05, 4.69) is 65.5 Å². The minimum absolute atomic E-state index is 1.16. The van der Waals surface area contributed by atoms with Crippen molar-refractivity contribution >= 4 is 13.9 Å². The van der Waals surface area contributed by atoms with Crippen LogP contribution in [0.4, 0.5) is 5.82 Å². The number of hydrogen-bond donors (Lipinski definition) is 0. The molecule has 0 aromatic rings. The highest BCUT2D eigenvalue weighted by Crippen LogP contribution is 2.27. The first-order chi connectivity index (χ1) is 10.0. The van der Waals surface area contributed by atoms with E-state index in [0.29, 0.717) is 0 Å². The molecule has 3 rings (SSSR count). The molecule has 0 bridgehead atoms. The van der Waals surface area contributed by atoms with Gasteiger partial charge in [-0.1, -0.05) is 43.9 Å². The van der Waals surface area contributed by atoms with Crippen LogP contribution in [0.5, 0.6) is 0 Å². The van der Waals surface area contributed by atoms with Gasteiger partial charge in [-0.15, -0.1) is 0 Å². The van der Waals surface area contributed by atoms with E-state index in [0.717, 1.165) is 0 Å². The smallest absolute Gasteiger partial charge is 0.262 e. The van der Waals surface area contributed by atoms with Gasteiger partial charge in [0.2, 0.25) is 0 Å². The maximum atomic E-state index is 2.60. The number of hydrogen-bond acceptors (Lipinski definition) is 1. The summed E-state index contributed by atoms with van der Waals surface area (Å²) in [4.78, 5) is 2.60. The zero-order valence-electron chi connectivity index (χ0n) is 13.6. The van der Waals surface area contributed by atoms with E-state index in [4.69, 9.17) is 0 Å². The van der Waals surface area contributed by atoms with Crippen molar-refractivity contribution in [2.24, 2.45) is 0 Å². The SMILES string of the molecule is C[Si](C)(C)C[n+]1c2cccccc-2cc1N1CCCCC1. The van der Waals surface area contributed by atoms with Crippen molar-refractivity contribution in [1.29, 1.82) is 0 Å². The fourth-order valence-corrected chi connectivity index (χ4v) is 4.57. The molecule has 21 heavy (non-hydrogen) atoms. The largest absolute Gasteiger partial charge is 0.277 e. The van der Waals surface area contributed by atoms with Gasteiger partial charge in [0.25, 0.3) is 5.82 Å². The second-order valence-corrected chi connectivity index (χ2v) is 12.9. The monoisotopic (exact) mass is 299 g/mol. The van der Waals surface area contributed by atoms with Gasteiger partial charge in [0.05, 0.1) is 27.3 Å². The molecule has 3 aliphatic rings. The maximum Gasteiger partial charge on any atom is 0.277 e. The van der Waals surface area contributed by atoms with Crippen molar-refractivity contribution in [1.82, 2.24) is 0 Å².